The number of aromatic nitrogens is 2. The van der Waals surface area contributed by atoms with Gasteiger partial charge in [-0.25, -0.2) is 9.78 Å². The van der Waals surface area contributed by atoms with E-state index in [9.17, 15) is 19.1 Å². The van der Waals surface area contributed by atoms with E-state index in [1.165, 1.54) is 6.20 Å². The minimum Gasteiger partial charge on any atom is -0.481 e. The molecule has 2 atom stereocenters. The summed E-state index contributed by atoms with van der Waals surface area (Å²) in [7, 11) is 0. The summed E-state index contributed by atoms with van der Waals surface area (Å²) in [6, 6.07) is 12.8. The maximum atomic E-state index is 14.6. The number of hydrogen-bond donors (Lipinski definition) is 2. The molecule has 1 aromatic carbocycles. The summed E-state index contributed by atoms with van der Waals surface area (Å²) in [5.41, 5.74) is 0.965. The van der Waals surface area contributed by atoms with Crippen LogP contribution in [-0.4, -0.2) is 39.9 Å². The first-order valence-corrected chi connectivity index (χ1v) is 12.5. The molecule has 3 aromatic rings. The summed E-state index contributed by atoms with van der Waals surface area (Å²) in [4.78, 5) is 30.7. The lowest BCUT2D eigenvalue weighted by Gasteiger charge is -2.41. The third-order valence-electron chi connectivity index (χ3n) is 7.35. The molecule has 5 rings (SSSR count). The molecule has 0 radical (unpaired) electrons. The molecule has 1 amide bonds. The van der Waals surface area contributed by atoms with E-state index in [0.29, 0.717) is 11.4 Å². The molecule has 9 nitrogen and oxygen atoms in total. The van der Waals surface area contributed by atoms with Crippen molar-refractivity contribution in [2.75, 3.05) is 16.8 Å². The summed E-state index contributed by atoms with van der Waals surface area (Å²) >= 11 is 0. The van der Waals surface area contributed by atoms with E-state index < -0.39 is 24.1 Å². The molecular formula is C27H29FN4O5. The Kier molecular flexibility index (Phi) is 6.82. The Labute approximate surface area is 213 Å². The fraction of sp³-hybridized carbons (Fsp3) is 0.407. The van der Waals surface area contributed by atoms with Crippen LogP contribution in [0.5, 0.6) is 0 Å². The molecule has 2 aromatic heterocycles. The summed E-state index contributed by atoms with van der Waals surface area (Å²) in [6.07, 6.45) is 5.13. The number of anilines is 2. The van der Waals surface area contributed by atoms with E-state index >= 15 is 0 Å². The lowest BCUT2D eigenvalue weighted by atomic mass is 9.85. The Morgan fingerprint density at radius 1 is 1.24 bits per heavy atom. The number of carbonyl (C=O) groups excluding carboxylic acids is 1. The number of benzene rings is 1. The van der Waals surface area contributed by atoms with Gasteiger partial charge in [0.1, 0.15) is 17.5 Å². The van der Waals surface area contributed by atoms with Gasteiger partial charge in [0.25, 0.3) is 5.95 Å². The number of nitrogens with zero attached hydrogens (tertiary/aromatic N) is 3. The molecule has 3 heterocycles. The van der Waals surface area contributed by atoms with Crippen molar-refractivity contribution in [1.82, 2.24) is 10.1 Å². The quantitative estimate of drug-likeness (QED) is 0.392. The average Bonchev–Trinajstić information content (AvgIpc) is 3.58. The highest BCUT2D eigenvalue weighted by atomic mass is 19.1. The van der Waals surface area contributed by atoms with E-state index in [-0.39, 0.29) is 29.3 Å². The molecule has 2 aliphatic rings. The standard InChI is InChI=1S/C27H29FN4O5/c1-17(18-7-3-2-4-8-18)36-26(35)30-25-23(24(28)31-37-25)19-10-11-21(29-16-19)32-14-6-5-9-20(32)27(12-13-27)15-22(33)34/h2-4,7-8,10-11,16-17,20H,5-6,9,12-15H2,1H3,(H,30,35)(H,33,34). The van der Waals surface area contributed by atoms with Crippen molar-refractivity contribution in [3.05, 3.63) is 60.2 Å². The fourth-order valence-electron chi connectivity index (χ4n) is 5.32. The Bertz CT molecular complexity index is 1260. The Morgan fingerprint density at radius 2 is 2.03 bits per heavy atom. The minimum atomic E-state index is -0.879. The maximum absolute atomic E-state index is 14.6. The molecule has 0 spiro atoms. The number of aliphatic carboxylic acids is 1. The van der Waals surface area contributed by atoms with Crippen LogP contribution >= 0.6 is 0 Å². The zero-order valence-corrected chi connectivity index (χ0v) is 20.5. The van der Waals surface area contributed by atoms with Gasteiger partial charge in [0.15, 0.2) is 0 Å². The van der Waals surface area contributed by atoms with Gasteiger partial charge in [0, 0.05) is 29.8 Å². The second-order valence-corrected chi connectivity index (χ2v) is 9.80. The molecule has 2 N–H and O–H groups in total. The Morgan fingerprint density at radius 3 is 2.70 bits per heavy atom. The first-order valence-electron chi connectivity index (χ1n) is 12.5. The van der Waals surface area contributed by atoms with Gasteiger partial charge >= 0.3 is 12.1 Å². The van der Waals surface area contributed by atoms with Crippen LogP contribution in [0.4, 0.5) is 20.9 Å². The number of carboxylic acids is 1. The van der Waals surface area contributed by atoms with Crippen LogP contribution < -0.4 is 10.2 Å². The monoisotopic (exact) mass is 508 g/mol. The first kappa shape index (κ1) is 24.7. The van der Waals surface area contributed by atoms with Crippen molar-refractivity contribution < 1.29 is 28.3 Å². The van der Waals surface area contributed by atoms with Crippen molar-refractivity contribution in [1.29, 1.82) is 0 Å². The predicted molar refractivity (Wildman–Crippen MR) is 134 cm³/mol. The smallest absolute Gasteiger partial charge is 0.414 e. The summed E-state index contributed by atoms with van der Waals surface area (Å²) in [5, 5.41) is 15.2. The lowest BCUT2D eigenvalue weighted by molar-refractivity contribution is -0.138. The third kappa shape index (κ3) is 5.28. The number of hydrogen-bond acceptors (Lipinski definition) is 7. The number of piperidine rings is 1. The number of nitrogens with one attached hydrogen (secondary N) is 1. The van der Waals surface area contributed by atoms with E-state index in [1.54, 1.807) is 19.1 Å². The van der Waals surface area contributed by atoms with Gasteiger partial charge in [-0.1, -0.05) is 30.3 Å². The third-order valence-corrected chi connectivity index (χ3v) is 7.35. The van der Waals surface area contributed by atoms with Crippen molar-refractivity contribution in [2.45, 2.75) is 57.6 Å². The Hall–Kier alpha value is -3.95. The highest BCUT2D eigenvalue weighted by molar-refractivity contribution is 5.89. The molecular weight excluding hydrogens is 479 g/mol. The van der Waals surface area contributed by atoms with Crippen LogP contribution in [-0.2, 0) is 9.53 Å². The molecule has 1 aliphatic heterocycles. The fourth-order valence-corrected chi connectivity index (χ4v) is 5.32. The van der Waals surface area contributed by atoms with Crippen molar-refractivity contribution >= 4 is 23.8 Å². The number of halogens is 1. The van der Waals surface area contributed by atoms with Crippen molar-refractivity contribution in [2.24, 2.45) is 5.41 Å². The predicted octanol–water partition coefficient (Wildman–Crippen LogP) is 5.80. The average molecular weight is 509 g/mol. The topological polar surface area (TPSA) is 118 Å². The van der Waals surface area contributed by atoms with Gasteiger partial charge in [-0.05, 0) is 61.9 Å². The Balaban J connectivity index is 1.31. The van der Waals surface area contributed by atoms with Crippen LogP contribution in [0.15, 0.2) is 53.2 Å². The van der Waals surface area contributed by atoms with Gasteiger partial charge in [-0.15, -0.1) is 0 Å². The molecule has 2 unspecified atom stereocenters. The molecule has 1 saturated heterocycles. The van der Waals surface area contributed by atoms with Gasteiger partial charge in [0.2, 0.25) is 5.88 Å². The maximum Gasteiger partial charge on any atom is 0.414 e. The molecule has 37 heavy (non-hydrogen) atoms. The van der Waals surface area contributed by atoms with E-state index in [0.717, 1.165) is 44.2 Å². The number of ether oxygens (including phenoxy) is 1. The number of rotatable bonds is 8. The highest BCUT2D eigenvalue weighted by Gasteiger charge is 2.53. The number of pyridine rings is 1. The number of carbonyl (C=O) groups is 2. The zero-order chi connectivity index (χ0) is 26.0. The number of amides is 1. The van der Waals surface area contributed by atoms with E-state index in [2.05, 4.69) is 20.4 Å². The minimum absolute atomic E-state index is 0.0249. The van der Waals surface area contributed by atoms with Crippen LogP contribution in [0, 0.1) is 11.4 Å². The van der Waals surface area contributed by atoms with Crippen molar-refractivity contribution in [3.8, 4) is 11.1 Å². The summed E-state index contributed by atoms with van der Waals surface area (Å²) in [5.74, 6) is -1.11. The second kappa shape index (κ2) is 10.2. The van der Waals surface area contributed by atoms with Crippen LogP contribution in [0.2, 0.25) is 0 Å². The molecule has 1 saturated carbocycles. The van der Waals surface area contributed by atoms with Crippen molar-refractivity contribution in [3.63, 3.8) is 0 Å². The van der Waals surface area contributed by atoms with Gasteiger partial charge in [-0.2, -0.15) is 4.39 Å². The van der Waals surface area contributed by atoms with Crippen LogP contribution in [0.3, 0.4) is 0 Å². The van der Waals surface area contributed by atoms with Gasteiger partial charge in [0.05, 0.1) is 6.42 Å². The molecule has 0 bridgehead atoms. The van der Waals surface area contributed by atoms with Crippen LogP contribution in [0.1, 0.15) is 57.1 Å². The van der Waals surface area contributed by atoms with Gasteiger partial charge in [-0.3, -0.25) is 10.1 Å². The SMILES string of the molecule is CC(OC(=O)Nc1onc(F)c1-c1ccc(N2CCCCC2C2(CC(=O)O)CC2)nc1)c1ccccc1. The highest BCUT2D eigenvalue weighted by Crippen LogP contribution is 2.56. The normalized spacial score (nSPS) is 19.2. The van der Waals surface area contributed by atoms with Crippen LogP contribution in [0.25, 0.3) is 11.1 Å². The zero-order valence-electron chi connectivity index (χ0n) is 20.5. The molecule has 10 heteroatoms. The first-order chi connectivity index (χ1) is 17.9. The van der Waals surface area contributed by atoms with Gasteiger partial charge < -0.3 is 19.3 Å². The molecule has 1 aliphatic carbocycles. The molecule has 2 fully saturated rings. The van der Waals surface area contributed by atoms with E-state index in [4.69, 9.17) is 9.26 Å². The largest absolute Gasteiger partial charge is 0.481 e. The second-order valence-electron chi connectivity index (χ2n) is 9.80. The van der Waals surface area contributed by atoms with E-state index in [1.807, 2.05) is 30.3 Å². The number of carboxylic acid groups (broad SMARTS) is 1. The summed E-state index contributed by atoms with van der Waals surface area (Å²) in [6.45, 7) is 2.52. The molecule has 194 valence electrons. The lowest BCUT2D eigenvalue weighted by Crippen LogP contribution is -2.46. The summed E-state index contributed by atoms with van der Waals surface area (Å²) < 4.78 is 25.0.